The maximum atomic E-state index is 13.8. The summed E-state index contributed by atoms with van der Waals surface area (Å²) in [6, 6.07) is 0. The Morgan fingerprint density at radius 2 is 1.94 bits per heavy atom. The van der Waals surface area contributed by atoms with E-state index < -0.39 is 39.1 Å². The Kier molecular flexibility index (Phi) is 5.06. The maximum absolute atomic E-state index is 13.8. The molecule has 0 aromatic heterocycles. The maximum Gasteiger partial charge on any atom is 0.303 e. The molecular formula is C24H29BrO6. The first kappa shape index (κ1) is 22.6. The van der Waals surface area contributed by atoms with Crippen LogP contribution in [-0.4, -0.2) is 45.0 Å². The van der Waals surface area contributed by atoms with Gasteiger partial charge in [0.2, 0.25) is 5.78 Å². The van der Waals surface area contributed by atoms with Crippen LogP contribution in [0.25, 0.3) is 0 Å². The van der Waals surface area contributed by atoms with Crippen LogP contribution >= 0.6 is 15.9 Å². The van der Waals surface area contributed by atoms with E-state index >= 15 is 0 Å². The lowest BCUT2D eigenvalue weighted by molar-refractivity contribution is -0.174. The second-order valence-electron chi connectivity index (χ2n) is 10.2. The Morgan fingerprint density at radius 1 is 1.26 bits per heavy atom. The lowest BCUT2D eigenvalue weighted by atomic mass is 9.46. The number of aliphatic hydroxyl groups is 1. The first-order chi connectivity index (χ1) is 14.3. The van der Waals surface area contributed by atoms with E-state index in [2.05, 4.69) is 15.9 Å². The highest BCUT2D eigenvalue weighted by Crippen LogP contribution is 2.70. The van der Waals surface area contributed by atoms with Crippen LogP contribution in [0.1, 0.15) is 53.4 Å². The van der Waals surface area contributed by atoms with Gasteiger partial charge in [-0.3, -0.25) is 19.2 Å². The molecule has 6 nitrogen and oxygen atoms in total. The monoisotopic (exact) mass is 492 g/mol. The van der Waals surface area contributed by atoms with Crippen molar-refractivity contribution < 1.29 is 29.0 Å². The highest BCUT2D eigenvalue weighted by atomic mass is 79.9. The van der Waals surface area contributed by atoms with Crippen LogP contribution in [0.5, 0.6) is 0 Å². The van der Waals surface area contributed by atoms with Crippen molar-refractivity contribution >= 4 is 39.2 Å². The lowest BCUT2D eigenvalue weighted by Gasteiger charge is -2.61. The smallest absolute Gasteiger partial charge is 0.303 e. The predicted octanol–water partition coefficient (Wildman–Crippen LogP) is 3.10. The number of ether oxygens (including phenoxy) is 1. The number of halogens is 1. The molecule has 0 spiro atoms. The number of carbonyl (C=O) groups excluding carboxylic acids is 4. The van der Waals surface area contributed by atoms with E-state index in [-0.39, 0.29) is 35.7 Å². The van der Waals surface area contributed by atoms with Crippen molar-refractivity contribution in [2.45, 2.75) is 63.3 Å². The number of allylic oxidation sites excluding steroid dienone is 4. The Hall–Kier alpha value is -1.60. The Morgan fingerprint density at radius 3 is 2.58 bits per heavy atom. The second-order valence-corrected chi connectivity index (χ2v) is 11.4. The van der Waals surface area contributed by atoms with Crippen LogP contribution in [-0.2, 0) is 23.9 Å². The van der Waals surface area contributed by atoms with Gasteiger partial charge in [0.15, 0.2) is 18.2 Å². The summed E-state index contributed by atoms with van der Waals surface area (Å²) < 4.78 is 4.02. The molecule has 0 radical (unpaired) electrons. The molecule has 7 atom stereocenters. The fourth-order valence-electron chi connectivity index (χ4n) is 7.15. The summed E-state index contributed by atoms with van der Waals surface area (Å²) in [4.78, 5) is 50.1. The minimum Gasteiger partial charge on any atom is -0.458 e. The average molecular weight is 493 g/mol. The van der Waals surface area contributed by atoms with Crippen molar-refractivity contribution in [2.75, 3.05) is 6.61 Å². The van der Waals surface area contributed by atoms with Crippen molar-refractivity contribution in [3.8, 4) is 0 Å². The van der Waals surface area contributed by atoms with Gasteiger partial charge in [-0.15, -0.1) is 0 Å². The van der Waals surface area contributed by atoms with Gasteiger partial charge in [-0.25, -0.2) is 0 Å². The van der Waals surface area contributed by atoms with Gasteiger partial charge in [0.25, 0.3) is 0 Å². The molecular weight excluding hydrogens is 464 g/mol. The Labute approximate surface area is 190 Å². The molecule has 31 heavy (non-hydrogen) atoms. The van der Waals surface area contributed by atoms with E-state index in [1.165, 1.54) is 13.0 Å². The van der Waals surface area contributed by atoms with E-state index in [9.17, 15) is 24.3 Å². The third-order valence-electron chi connectivity index (χ3n) is 8.82. The molecule has 0 aromatic rings. The van der Waals surface area contributed by atoms with Gasteiger partial charge in [-0.2, -0.15) is 0 Å². The number of rotatable bonds is 3. The van der Waals surface area contributed by atoms with E-state index in [1.807, 2.05) is 26.8 Å². The summed E-state index contributed by atoms with van der Waals surface area (Å²) in [6.07, 6.45) is 7.06. The molecule has 0 amide bonds. The minimum atomic E-state index is -1.74. The summed E-state index contributed by atoms with van der Waals surface area (Å²) in [5, 5.41) is 11.7. The van der Waals surface area contributed by atoms with Gasteiger partial charge in [0, 0.05) is 24.2 Å². The molecule has 3 saturated carbocycles. The van der Waals surface area contributed by atoms with Crippen LogP contribution in [0.3, 0.4) is 0 Å². The SMILES string of the molecule is CC(=O)OCC(=O)[C@@]1(O)[C@H](C)C[C@H]2[C@@H]3CCC4=CC(=O)C=C[C@]4(C)[C@@]3(Br)C(=O)C[C@@]21C. The third-order valence-corrected chi connectivity index (χ3v) is 10.7. The molecule has 0 aliphatic heterocycles. The van der Waals surface area contributed by atoms with Crippen molar-refractivity contribution in [1.29, 1.82) is 0 Å². The largest absolute Gasteiger partial charge is 0.458 e. The number of hydrogen-bond donors (Lipinski definition) is 1. The number of esters is 1. The highest BCUT2D eigenvalue weighted by molar-refractivity contribution is 9.10. The van der Waals surface area contributed by atoms with Crippen LogP contribution in [0, 0.1) is 28.6 Å². The van der Waals surface area contributed by atoms with Crippen molar-refractivity contribution in [3.05, 3.63) is 23.8 Å². The van der Waals surface area contributed by atoms with E-state index in [0.717, 1.165) is 5.57 Å². The molecule has 4 aliphatic carbocycles. The third kappa shape index (κ3) is 2.71. The van der Waals surface area contributed by atoms with Gasteiger partial charge in [0.05, 0.1) is 4.32 Å². The number of alkyl halides is 1. The molecule has 4 aliphatic rings. The molecule has 1 N–H and O–H groups in total. The predicted molar refractivity (Wildman–Crippen MR) is 116 cm³/mol. The zero-order valence-corrected chi connectivity index (χ0v) is 20.0. The van der Waals surface area contributed by atoms with E-state index in [1.54, 1.807) is 6.08 Å². The number of Topliss-reactive ketones (excluding diaryl/α,β-unsaturated/α-hetero) is 2. The molecule has 0 saturated heterocycles. The molecule has 0 heterocycles. The van der Waals surface area contributed by atoms with Gasteiger partial charge in [-0.05, 0) is 49.2 Å². The molecule has 3 fully saturated rings. The second kappa shape index (κ2) is 6.95. The van der Waals surface area contributed by atoms with Crippen molar-refractivity contribution in [2.24, 2.45) is 28.6 Å². The lowest BCUT2D eigenvalue weighted by Crippen LogP contribution is -2.67. The first-order valence-electron chi connectivity index (χ1n) is 10.9. The number of ketones is 3. The van der Waals surface area contributed by atoms with E-state index in [4.69, 9.17) is 4.74 Å². The van der Waals surface area contributed by atoms with Crippen molar-refractivity contribution in [3.63, 3.8) is 0 Å². The zero-order valence-electron chi connectivity index (χ0n) is 18.4. The van der Waals surface area contributed by atoms with Gasteiger partial charge in [-0.1, -0.05) is 48.4 Å². The number of hydrogen-bond acceptors (Lipinski definition) is 6. The summed E-state index contributed by atoms with van der Waals surface area (Å²) in [5.41, 5.74) is -2.37. The summed E-state index contributed by atoms with van der Waals surface area (Å²) in [7, 11) is 0. The molecule has 0 aromatic carbocycles. The zero-order chi connectivity index (χ0) is 23.0. The fourth-order valence-corrected chi connectivity index (χ4v) is 8.22. The topological polar surface area (TPSA) is 97.7 Å². The standard InChI is InChI=1S/C24H29BrO6/c1-13-9-18-17-6-5-15-10-16(27)7-8-21(15,3)23(17,25)19(28)11-22(18,4)24(13,30)20(29)12-31-14(2)26/h7-8,10,13,17-18,30H,5-6,9,11-12H2,1-4H3/t13-,17+,18+,21+,22+,23+,24+/m1/s1. The Balaban J connectivity index is 1.77. The molecule has 7 heteroatoms. The van der Waals surface area contributed by atoms with Crippen LogP contribution in [0.4, 0.5) is 0 Å². The van der Waals surface area contributed by atoms with E-state index in [0.29, 0.717) is 19.3 Å². The van der Waals surface area contributed by atoms with Gasteiger partial charge >= 0.3 is 5.97 Å². The quantitative estimate of drug-likeness (QED) is 0.480. The first-order valence-corrected chi connectivity index (χ1v) is 11.7. The molecule has 4 rings (SSSR count). The van der Waals surface area contributed by atoms with Gasteiger partial charge in [0.1, 0.15) is 5.60 Å². The van der Waals surface area contributed by atoms with Gasteiger partial charge < -0.3 is 9.84 Å². The highest BCUT2D eigenvalue weighted by Gasteiger charge is 2.74. The summed E-state index contributed by atoms with van der Waals surface area (Å²) in [6.45, 7) is 6.40. The van der Waals surface area contributed by atoms with Crippen LogP contribution in [0.2, 0.25) is 0 Å². The summed E-state index contributed by atoms with van der Waals surface area (Å²) >= 11 is 3.87. The number of carbonyl (C=O) groups is 4. The van der Waals surface area contributed by atoms with Crippen LogP contribution in [0.15, 0.2) is 23.8 Å². The summed E-state index contributed by atoms with van der Waals surface area (Å²) in [5.74, 6) is -1.79. The average Bonchev–Trinajstić information content (AvgIpc) is 2.89. The molecule has 168 valence electrons. The Bertz CT molecular complexity index is 952. The van der Waals surface area contributed by atoms with Crippen LogP contribution < -0.4 is 0 Å². The fraction of sp³-hybridized carbons (Fsp3) is 0.667. The number of fused-ring (bicyclic) bond motifs is 5. The molecule has 0 bridgehead atoms. The normalized spacial score (nSPS) is 46.0. The molecule has 0 unspecified atom stereocenters. The van der Waals surface area contributed by atoms with Crippen molar-refractivity contribution in [1.82, 2.24) is 0 Å². The minimum absolute atomic E-state index is 0.0384.